The summed E-state index contributed by atoms with van der Waals surface area (Å²) in [5.74, 6) is -0.141. The number of carbonyl (C=O) groups is 1. The largest absolute Gasteiger partial charge is 0.325 e. The molecule has 1 amide bonds. The third-order valence-corrected chi connectivity index (χ3v) is 6.93. The third-order valence-electron chi connectivity index (χ3n) is 5.37. The summed E-state index contributed by atoms with van der Waals surface area (Å²) >= 11 is 0. The number of hydrogen-bond acceptors (Lipinski definition) is 4. The summed E-state index contributed by atoms with van der Waals surface area (Å²) < 4.78 is 26.6. The van der Waals surface area contributed by atoms with E-state index in [1.54, 1.807) is 19.1 Å². The van der Waals surface area contributed by atoms with Gasteiger partial charge in [0.2, 0.25) is 15.9 Å². The smallest absolute Gasteiger partial charge is 0.240 e. The lowest BCUT2D eigenvalue weighted by Gasteiger charge is -2.25. The molecule has 6 nitrogen and oxygen atoms in total. The van der Waals surface area contributed by atoms with Gasteiger partial charge in [-0.3, -0.25) is 9.69 Å². The maximum absolute atomic E-state index is 12.7. The van der Waals surface area contributed by atoms with E-state index in [2.05, 4.69) is 47.0 Å². The minimum Gasteiger partial charge on any atom is -0.325 e. The highest BCUT2D eigenvalue weighted by Gasteiger charge is 2.28. The van der Waals surface area contributed by atoms with Crippen molar-refractivity contribution in [2.75, 3.05) is 25.5 Å². The fourth-order valence-corrected chi connectivity index (χ4v) is 5.05. The van der Waals surface area contributed by atoms with Crippen molar-refractivity contribution in [1.82, 2.24) is 9.62 Å². The number of anilines is 1. The van der Waals surface area contributed by atoms with Gasteiger partial charge in [-0.05, 0) is 70.5 Å². The van der Waals surface area contributed by atoms with Crippen LogP contribution in [0.1, 0.15) is 41.1 Å². The summed E-state index contributed by atoms with van der Waals surface area (Å²) in [6.07, 6.45) is 2.09. The molecule has 1 saturated heterocycles. The number of benzene rings is 2. The number of sulfonamides is 1. The third kappa shape index (κ3) is 5.04. The van der Waals surface area contributed by atoms with Crippen LogP contribution in [0.25, 0.3) is 0 Å². The van der Waals surface area contributed by atoms with Crippen LogP contribution in [0.15, 0.2) is 41.3 Å². The molecule has 2 aromatic carbocycles. The molecule has 7 heteroatoms. The molecule has 0 saturated carbocycles. The van der Waals surface area contributed by atoms with Gasteiger partial charge in [-0.25, -0.2) is 13.1 Å². The van der Waals surface area contributed by atoms with Crippen molar-refractivity contribution < 1.29 is 13.2 Å². The van der Waals surface area contributed by atoms with Crippen LogP contribution in [0.5, 0.6) is 0 Å². The summed E-state index contributed by atoms with van der Waals surface area (Å²) in [4.78, 5) is 15.0. The fourth-order valence-electron chi connectivity index (χ4n) is 4.06. The van der Waals surface area contributed by atoms with E-state index >= 15 is 0 Å². The van der Waals surface area contributed by atoms with Crippen molar-refractivity contribution in [2.45, 2.75) is 44.6 Å². The molecule has 1 fully saturated rings. The number of hydrogen-bond donors (Lipinski definition) is 2. The molecule has 1 aliphatic heterocycles. The first kappa shape index (κ1) is 21.5. The zero-order valence-electron chi connectivity index (χ0n) is 17.5. The first-order valence-electron chi connectivity index (χ1n) is 9.86. The SMILES string of the molecule is CNS(=O)(=O)c1cc(NC(=O)CN2CCCC2c2cc(C)cc(C)c2)ccc1C. The molecule has 1 unspecified atom stereocenters. The van der Waals surface area contributed by atoms with Crippen LogP contribution >= 0.6 is 0 Å². The molecule has 0 spiro atoms. The molecule has 1 heterocycles. The van der Waals surface area contributed by atoms with Gasteiger partial charge in [0, 0.05) is 11.7 Å². The topological polar surface area (TPSA) is 78.5 Å². The van der Waals surface area contributed by atoms with Crippen LogP contribution in [0.2, 0.25) is 0 Å². The predicted molar refractivity (Wildman–Crippen MR) is 116 cm³/mol. The Morgan fingerprint density at radius 1 is 1.10 bits per heavy atom. The Kier molecular flexibility index (Phi) is 6.41. The van der Waals surface area contributed by atoms with E-state index in [9.17, 15) is 13.2 Å². The first-order valence-corrected chi connectivity index (χ1v) is 11.3. The second kappa shape index (κ2) is 8.65. The van der Waals surface area contributed by atoms with E-state index in [-0.39, 0.29) is 23.4 Å². The zero-order chi connectivity index (χ0) is 21.2. The van der Waals surface area contributed by atoms with Gasteiger partial charge in [0.05, 0.1) is 11.4 Å². The second-order valence-electron chi connectivity index (χ2n) is 7.79. The monoisotopic (exact) mass is 415 g/mol. The van der Waals surface area contributed by atoms with Gasteiger partial charge in [0.25, 0.3) is 0 Å². The van der Waals surface area contributed by atoms with Gasteiger partial charge in [-0.15, -0.1) is 0 Å². The number of nitrogens with zero attached hydrogens (tertiary/aromatic N) is 1. The lowest BCUT2D eigenvalue weighted by molar-refractivity contribution is -0.117. The summed E-state index contributed by atoms with van der Waals surface area (Å²) in [6, 6.07) is 11.7. The summed E-state index contributed by atoms with van der Waals surface area (Å²) in [5, 5.41) is 2.85. The molecule has 29 heavy (non-hydrogen) atoms. The van der Waals surface area contributed by atoms with Crippen molar-refractivity contribution in [1.29, 1.82) is 0 Å². The summed E-state index contributed by atoms with van der Waals surface area (Å²) in [5.41, 5.74) is 4.83. The van der Waals surface area contributed by atoms with Crippen molar-refractivity contribution in [3.63, 3.8) is 0 Å². The van der Waals surface area contributed by atoms with E-state index in [4.69, 9.17) is 0 Å². The highest BCUT2D eigenvalue weighted by Crippen LogP contribution is 2.32. The summed E-state index contributed by atoms with van der Waals surface area (Å²) in [6.45, 7) is 7.07. The lowest BCUT2D eigenvalue weighted by Crippen LogP contribution is -2.33. The number of likely N-dealkylation sites (tertiary alicyclic amines) is 1. The Morgan fingerprint density at radius 3 is 2.45 bits per heavy atom. The van der Waals surface area contributed by atoms with Crippen LogP contribution in [0.3, 0.4) is 0 Å². The van der Waals surface area contributed by atoms with Crippen LogP contribution in [0.4, 0.5) is 5.69 Å². The number of nitrogens with one attached hydrogen (secondary N) is 2. The molecule has 1 atom stereocenters. The Labute approximate surface area is 173 Å². The molecule has 1 aliphatic rings. The molecular formula is C22H29N3O3S. The van der Waals surface area contributed by atoms with Gasteiger partial charge >= 0.3 is 0 Å². The molecule has 2 aromatic rings. The second-order valence-corrected chi connectivity index (χ2v) is 9.64. The van der Waals surface area contributed by atoms with Gasteiger partial charge in [-0.1, -0.05) is 35.4 Å². The van der Waals surface area contributed by atoms with Crippen molar-refractivity contribution in [3.8, 4) is 0 Å². The number of rotatable bonds is 6. The predicted octanol–water partition coefficient (Wildman–Crippen LogP) is 3.30. The Balaban J connectivity index is 1.73. The maximum Gasteiger partial charge on any atom is 0.240 e. The van der Waals surface area contributed by atoms with Crippen LogP contribution in [-0.4, -0.2) is 39.4 Å². The molecule has 156 valence electrons. The molecule has 0 radical (unpaired) electrons. The fraction of sp³-hybridized carbons (Fsp3) is 0.409. The molecule has 3 rings (SSSR count). The Morgan fingerprint density at radius 2 is 1.79 bits per heavy atom. The molecule has 0 bridgehead atoms. The van der Waals surface area contributed by atoms with E-state index in [1.165, 1.54) is 29.8 Å². The Bertz CT molecular complexity index is 998. The van der Waals surface area contributed by atoms with Crippen molar-refractivity contribution >= 4 is 21.6 Å². The molecule has 0 aliphatic carbocycles. The normalized spacial score (nSPS) is 17.4. The highest BCUT2D eigenvalue weighted by molar-refractivity contribution is 7.89. The van der Waals surface area contributed by atoms with E-state index < -0.39 is 10.0 Å². The van der Waals surface area contributed by atoms with Crippen molar-refractivity contribution in [3.05, 3.63) is 58.7 Å². The zero-order valence-corrected chi connectivity index (χ0v) is 18.3. The first-order chi connectivity index (χ1) is 13.7. The van der Waals surface area contributed by atoms with E-state index in [0.29, 0.717) is 11.3 Å². The van der Waals surface area contributed by atoms with Gasteiger partial charge < -0.3 is 5.32 Å². The number of aryl methyl sites for hydroxylation is 3. The Hall–Kier alpha value is -2.22. The number of carbonyl (C=O) groups excluding carboxylic acids is 1. The maximum atomic E-state index is 12.7. The minimum absolute atomic E-state index is 0.141. The lowest BCUT2D eigenvalue weighted by atomic mass is 9.99. The molecular weight excluding hydrogens is 386 g/mol. The van der Waals surface area contributed by atoms with Crippen LogP contribution in [0, 0.1) is 20.8 Å². The minimum atomic E-state index is -3.57. The van der Waals surface area contributed by atoms with Crippen molar-refractivity contribution in [2.24, 2.45) is 0 Å². The van der Waals surface area contributed by atoms with E-state index in [1.807, 2.05) is 0 Å². The molecule has 0 aromatic heterocycles. The number of amides is 1. The van der Waals surface area contributed by atoms with E-state index in [0.717, 1.165) is 19.4 Å². The van der Waals surface area contributed by atoms with Gasteiger partial charge in [-0.2, -0.15) is 0 Å². The summed E-state index contributed by atoms with van der Waals surface area (Å²) in [7, 11) is -2.20. The van der Waals surface area contributed by atoms with Crippen LogP contribution < -0.4 is 10.0 Å². The average Bonchev–Trinajstić information content (AvgIpc) is 3.10. The quantitative estimate of drug-likeness (QED) is 0.759. The highest BCUT2D eigenvalue weighted by atomic mass is 32.2. The van der Waals surface area contributed by atoms with Crippen LogP contribution in [-0.2, 0) is 14.8 Å². The standard InChI is InChI=1S/C22H29N3O3S/c1-15-10-16(2)12-18(11-15)20-6-5-9-25(20)14-22(26)24-19-8-7-17(3)21(13-19)29(27,28)23-4/h7-8,10-13,20,23H,5-6,9,14H2,1-4H3,(H,24,26). The molecule has 2 N–H and O–H groups in total. The average molecular weight is 416 g/mol. The van der Waals surface area contributed by atoms with Gasteiger partial charge in [0.15, 0.2) is 0 Å². The van der Waals surface area contributed by atoms with Gasteiger partial charge in [0.1, 0.15) is 0 Å².